The summed E-state index contributed by atoms with van der Waals surface area (Å²) >= 11 is 0. The average Bonchev–Trinajstić information content (AvgIpc) is 3.11. The molecule has 6 nitrogen and oxygen atoms in total. The zero-order valence-corrected chi connectivity index (χ0v) is 12.6. The fourth-order valence-electron chi connectivity index (χ4n) is 2.21. The Labute approximate surface area is 137 Å². The van der Waals surface area contributed by atoms with Crippen LogP contribution in [-0.4, -0.2) is 20.1 Å². The SMILES string of the molecule is N#Cc1ccc(F)c(CNc2ccc(-n3cc(CO)nn3)cc2)c1. The molecule has 3 rings (SSSR count). The van der Waals surface area contributed by atoms with Crippen LogP contribution >= 0.6 is 0 Å². The number of anilines is 1. The summed E-state index contributed by atoms with van der Waals surface area (Å²) in [6.45, 7) is 0.117. The van der Waals surface area contributed by atoms with Gasteiger partial charge in [-0.05, 0) is 42.5 Å². The molecule has 0 unspecified atom stereocenters. The molecule has 0 aliphatic rings. The molecule has 0 aliphatic heterocycles. The monoisotopic (exact) mass is 323 g/mol. The Bertz CT molecular complexity index is 883. The summed E-state index contributed by atoms with van der Waals surface area (Å²) in [7, 11) is 0. The second kappa shape index (κ2) is 6.89. The van der Waals surface area contributed by atoms with Gasteiger partial charge in [-0.15, -0.1) is 5.10 Å². The zero-order valence-electron chi connectivity index (χ0n) is 12.6. The lowest BCUT2D eigenvalue weighted by Crippen LogP contribution is -2.03. The Balaban J connectivity index is 1.69. The Morgan fingerprint density at radius 1 is 1.21 bits per heavy atom. The summed E-state index contributed by atoms with van der Waals surface area (Å²) in [6, 6.07) is 13.6. The molecule has 2 N–H and O–H groups in total. The van der Waals surface area contributed by atoms with Crippen LogP contribution in [0, 0.1) is 17.1 Å². The van der Waals surface area contributed by atoms with Crippen molar-refractivity contribution < 1.29 is 9.50 Å². The van der Waals surface area contributed by atoms with Crippen molar-refractivity contribution in [3.8, 4) is 11.8 Å². The molecule has 7 heteroatoms. The molecule has 0 aliphatic carbocycles. The van der Waals surface area contributed by atoms with Crippen LogP contribution in [-0.2, 0) is 13.2 Å². The Morgan fingerprint density at radius 3 is 2.67 bits per heavy atom. The van der Waals surface area contributed by atoms with Crippen LogP contribution in [0.2, 0.25) is 0 Å². The van der Waals surface area contributed by atoms with Gasteiger partial charge in [-0.2, -0.15) is 5.26 Å². The van der Waals surface area contributed by atoms with Gasteiger partial charge in [0.15, 0.2) is 0 Å². The molecule has 0 bridgehead atoms. The predicted octanol–water partition coefficient (Wildman–Crippen LogP) is 2.38. The Morgan fingerprint density at radius 2 is 2.00 bits per heavy atom. The predicted molar refractivity (Wildman–Crippen MR) is 85.7 cm³/mol. The summed E-state index contributed by atoms with van der Waals surface area (Å²) in [4.78, 5) is 0. The van der Waals surface area contributed by atoms with Gasteiger partial charge in [-0.3, -0.25) is 0 Å². The van der Waals surface area contributed by atoms with Crippen molar-refractivity contribution in [2.75, 3.05) is 5.32 Å². The number of nitrogens with one attached hydrogen (secondary N) is 1. The fraction of sp³-hybridized carbons (Fsp3) is 0.118. The van der Waals surface area contributed by atoms with E-state index in [1.165, 1.54) is 18.2 Å². The van der Waals surface area contributed by atoms with Crippen LogP contribution in [0.25, 0.3) is 5.69 Å². The number of aliphatic hydroxyl groups excluding tert-OH is 1. The third kappa shape index (κ3) is 3.39. The number of aliphatic hydroxyl groups is 1. The summed E-state index contributed by atoms with van der Waals surface area (Å²) in [5, 5.41) is 28.7. The van der Waals surface area contributed by atoms with Crippen molar-refractivity contribution >= 4 is 5.69 Å². The van der Waals surface area contributed by atoms with Gasteiger partial charge in [0, 0.05) is 17.8 Å². The molecule has 0 saturated heterocycles. The van der Waals surface area contributed by atoms with Crippen molar-refractivity contribution in [1.82, 2.24) is 15.0 Å². The summed E-state index contributed by atoms with van der Waals surface area (Å²) in [5.74, 6) is -0.350. The van der Waals surface area contributed by atoms with Crippen LogP contribution in [0.5, 0.6) is 0 Å². The topological polar surface area (TPSA) is 86.8 Å². The van der Waals surface area contributed by atoms with Crippen molar-refractivity contribution in [3.05, 3.63) is 71.3 Å². The van der Waals surface area contributed by atoms with Crippen LogP contribution in [0.15, 0.2) is 48.7 Å². The third-order valence-corrected chi connectivity index (χ3v) is 3.49. The van der Waals surface area contributed by atoms with Crippen LogP contribution in [0.1, 0.15) is 16.8 Å². The molecule has 24 heavy (non-hydrogen) atoms. The molecule has 0 amide bonds. The van der Waals surface area contributed by atoms with E-state index in [4.69, 9.17) is 10.4 Å². The lowest BCUT2D eigenvalue weighted by atomic mass is 10.1. The van der Waals surface area contributed by atoms with Gasteiger partial charge in [0.25, 0.3) is 0 Å². The minimum Gasteiger partial charge on any atom is -0.390 e. The molecule has 120 valence electrons. The van der Waals surface area contributed by atoms with E-state index in [-0.39, 0.29) is 19.0 Å². The first-order chi connectivity index (χ1) is 11.7. The largest absolute Gasteiger partial charge is 0.390 e. The lowest BCUT2D eigenvalue weighted by Gasteiger charge is -2.09. The van der Waals surface area contributed by atoms with Crippen molar-refractivity contribution in [3.63, 3.8) is 0 Å². The first-order valence-corrected chi connectivity index (χ1v) is 7.24. The van der Waals surface area contributed by atoms with E-state index in [0.29, 0.717) is 16.8 Å². The van der Waals surface area contributed by atoms with Gasteiger partial charge < -0.3 is 10.4 Å². The van der Waals surface area contributed by atoms with Gasteiger partial charge in [0.1, 0.15) is 11.5 Å². The van der Waals surface area contributed by atoms with Gasteiger partial charge in [-0.1, -0.05) is 5.21 Å². The van der Waals surface area contributed by atoms with E-state index in [1.54, 1.807) is 10.9 Å². The molecule has 1 aromatic heterocycles. The molecule has 2 aromatic carbocycles. The molecule has 0 atom stereocenters. The quantitative estimate of drug-likeness (QED) is 0.753. The highest BCUT2D eigenvalue weighted by Crippen LogP contribution is 2.16. The van der Waals surface area contributed by atoms with Crippen LogP contribution in [0.3, 0.4) is 0 Å². The molecule has 1 heterocycles. The standard InChI is InChI=1S/C17H14FN5O/c18-17-6-1-12(8-19)7-13(17)9-20-14-2-4-16(5-3-14)23-10-15(11-24)21-22-23/h1-7,10,20,24H,9,11H2. The molecule has 0 radical (unpaired) electrons. The molecule has 0 saturated carbocycles. The number of nitrogens with zero attached hydrogens (tertiary/aromatic N) is 4. The summed E-state index contributed by atoms with van der Waals surface area (Å²) in [6.07, 6.45) is 1.64. The van der Waals surface area contributed by atoms with E-state index >= 15 is 0 Å². The third-order valence-electron chi connectivity index (χ3n) is 3.49. The molecule has 0 fully saturated rings. The number of hydrogen-bond acceptors (Lipinski definition) is 5. The van der Waals surface area contributed by atoms with E-state index in [9.17, 15) is 4.39 Å². The van der Waals surface area contributed by atoms with E-state index in [0.717, 1.165) is 11.4 Å². The normalized spacial score (nSPS) is 10.4. The van der Waals surface area contributed by atoms with E-state index in [1.807, 2.05) is 30.3 Å². The highest BCUT2D eigenvalue weighted by Gasteiger charge is 2.05. The number of rotatable bonds is 5. The van der Waals surface area contributed by atoms with E-state index in [2.05, 4.69) is 15.6 Å². The molecule has 0 spiro atoms. The van der Waals surface area contributed by atoms with Gasteiger partial charge >= 0.3 is 0 Å². The number of aromatic nitrogens is 3. The zero-order chi connectivity index (χ0) is 16.9. The minimum atomic E-state index is -0.350. The van der Waals surface area contributed by atoms with Crippen molar-refractivity contribution in [1.29, 1.82) is 5.26 Å². The van der Waals surface area contributed by atoms with Crippen LogP contribution < -0.4 is 5.32 Å². The highest BCUT2D eigenvalue weighted by molar-refractivity contribution is 5.49. The average molecular weight is 323 g/mol. The Kier molecular flexibility index (Phi) is 4.50. The Hall–Kier alpha value is -3.24. The van der Waals surface area contributed by atoms with Crippen LogP contribution in [0.4, 0.5) is 10.1 Å². The second-order valence-corrected chi connectivity index (χ2v) is 5.13. The smallest absolute Gasteiger partial charge is 0.128 e. The molecule has 3 aromatic rings. The maximum Gasteiger partial charge on any atom is 0.128 e. The number of nitriles is 1. The van der Waals surface area contributed by atoms with Gasteiger partial charge in [-0.25, -0.2) is 9.07 Å². The molecular formula is C17H14FN5O. The molecular weight excluding hydrogens is 309 g/mol. The fourth-order valence-corrected chi connectivity index (χ4v) is 2.21. The van der Waals surface area contributed by atoms with Gasteiger partial charge in [0.05, 0.1) is 30.1 Å². The highest BCUT2D eigenvalue weighted by atomic mass is 19.1. The first kappa shape index (κ1) is 15.6. The van der Waals surface area contributed by atoms with Crippen molar-refractivity contribution in [2.24, 2.45) is 0 Å². The minimum absolute atomic E-state index is 0.160. The summed E-state index contributed by atoms with van der Waals surface area (Å²) < 4.78 is 15.3. The van der Waals surface area contributed by atoms with Crippen molar-refractivity contribution in [2.45, 2.75) is 13.2 Å². The second-order valence-electron chi connectivity index (χ2n) is 5.13. The maximum absolute atomic E-state index is 13.7. The van der Waals surface area contributed by atoms with E-state index < -0.39 is 0 Å². The number of halogens is 1. The summed E-state index contributed by atoms with van der Waals surface area (Å²) in [5.41, 5.74) is 2.95. The number of hydrogen-bond donors (Lipinski definition) is 2. The van der Waals surface area contributed by atoms with Gasteiger partial charge in [0.2, 0.25) is 0 Å². The maximum atomic E-state index is 13.7. The first-order valence-electron chi connectivity index (χ1n) is 7.24. The number of benzene rings is 2. The lowest BCUT2D eigenvalue weighted by molar-refractivity contribution is 0.276.